The molecule has 0 bridgehead atoms. The summed E-state index contributed by atoms with van der Waals surface area (Å²) >= 11 is 0. The zero-order chi connectivity index (χ0) is 14.3. The number of halogens is 1. The van der Waals surface area contributed by atoms with E-state index in [2.05, 4.69) is 0 Å². The molecule has 0 fully saturated rings. The minimum Gasteiger partial charge on any atom is -0.364 e. The van der Waals surface area contributed by atoms with Gasteiger partial charge in [-0.3, -0.25) is 4.79 Å². The van der Waals surface area contributed by atoms with Gasteiger partial charge < -0.3 is 5.73 Å². The van der Waals surface area contributed by atoms with Gasteiger partial charge in [-0.05, 0) is 18.1 Å². The van der Waals surface area contributed by atoms with Crippen LogP contribution in [0.15, 0.2) is 48.5 Å². The smallest absolute Gasteiger partial charge is 0.268 e. The van der Waals surface area contributed by atoms with Crippen molar-refractivity contribution in [3.8, 4) is 11.1 Å². The highest BCUT2D eigenvalue weighted by atomic mass is 19.2. The average Bonchev–Trinajstić information content (AvgIpc) is 2.72. The number of carbonyl (C=O) groups is 1. The van der Waals surface area contributed by atoms with E-state index in [-0.39, 0.29) is 5.69 Å². The molecule has 1 heterocycles. The Morgan fingerprint density at radius 3 is 2.45 bits per heavy atom. The van der Waals surface area contributed by atoms with Crippen molar-refractivity contribution in [1.82, 2.24) is 4.79 Å². The van der Waals surface area contributed by atoms with Crippen molar-refractivity contribution in [2.45, 2.75) is 6.92 Å². The van der Waals surface area contributed by atoms with Crippen molar-refractivity contribution in [1.29, 1.82) is 0 Å². The Kier molecular flexibility index (Phi) is 2.79. The van der Waals surface area contributed by atoms with Gasteiger partial charge in [-0.25, -0.2) is 0 Å². The van der Waals surface area contributed by atoms with Gasteiger partial charge in [-0.2, -0.15) is 4.79 Å². The molecule has 0 spiro atoms. The Hall–Kier alpha value is -2.62. The SMILES string of the molecule is Cc1c(C(N)=O)n(F)c2c(-c3ccccc3)cccc12. The molecule has 100 valence electrons. The molecule has 0 unspecified atom stereocenters. The first-order chi connectivity index (χ1) is 9.61. The number of fused-ring (bicyclic) bond motifs is 1. The third-order valence-electron chi connectivity index (χ3n) is 3.51. The molecule has 3 rings (SSSR count). The molecule has 3 nitrogen and oxygen atoms in total. The number of nitrogens with zero attached hydrogens (tertiary/aromatic N) is 1. The summed E-state index contributed by atoms with van der Waals surface area (Å²) in [6.45, 7) is 1.70. The molecule has 0 atom stereocenters. The number of hydrogen-bond donors (Lipinski definition) is 1. The van der Waals surface area contributed by atoms with E-state index in [1.165, 1.54) is 0 Å². The summed E-state index contributed by atoms with van der Waals surface area (Å²) in [4.78, 5) is 11.8. The van der Waals surface area contributed by atoms with Gasteiger partial charge in [0, 0.05) is 10.9 Å². The van der Waals surface area contributed by atoms with E-state index in [1.807, 2.05) is 42.5 Å². The molecule has 20 heavy (non-hydrogen) atoms. The van der Waals surface area contributed by atoms with Crippen LogP contribution >= 0.6 is 0 Å². The van der Waals surface area contributed by atoms with Gasteiger partial charge in [0.2, 0.25) is 0 Å². The van der Waals surface area contributed by atoms with E-state index in [0.29, 0.717) is 21.3 Å². The lowest BCUT2D eigenvalue weighted by Gasteiger charge is -2.04. The van der Waals surface area contributed by atoms with Gasteiger partial charge in [0.1, 0.15) is 5.69 Å². The number of nitrogens with two attached hydrogens (primary N) is 1. The fourth-order valence-electron chi connectivity index (χ4n) is 2.58. The molecule has 2 aromatic carbocycles. The average molecular weight is 268 g/mol. The van der Waals surface area contributed by atoms with Crippen LogP contribution < -0.4 is 5.73 Å². The summed E-state index contributed by atoms with van der Waals surface area (Å²) < 4.78 is 14.5. The van der Waals surface area contributed by atoms with Gasteiger partial charge >= 0.3 is 0 Å². The number of amides is 1. The zero-order valence-electron chi connectivity index (χ0n) is 10.9. The highest BCUT2D eigenvalue weighted by Gasteiger charge is 2.20. The molecule has 3 aromatic rings. The van der Waals surface area contributed by atoms with Crippen molar-refractivity contribution in [2.75, 3.05) is 0 Å². The summed E-state index contributed by atoms with van der Waals surface area (Å²) in [5.41, 5.74) is 7.75. The lowest BCUT2D eigenvalue weighted by atomic mass is 10.0. The van der Waals surface area contributed by atoms with E-state index < -0.39 is 5.91 Å². The fourth-order valence-corrected chi connectivity index (χ4v) is 2.58. The van der Waals surface area contributed by atoms with Crippen molar-refractivity contribution in [3.63, 3.8) is 0 Å². The number of benzene rings is 2. The lowest BCUT2D eigenvalue weighted by molar-refractivity contribution is 0.0982. The second-order valence-corrected chi connectivity index (χ2v) is 4.69. The molecular formula is C16H13FN2O. The van der Waals surface area contributed by atoms with E-state index in [9.17, 15) is 9.28 Å². The van der Waals surface area contributed by atoms with E-state index in [4.69, 9.17) is 5.73 Å². The van der Waals surface area contributed by atoms with Gasteiger partial charge in [-0.15, -0.1) is 0 Å². The third-order valence-corrected chi connectivity index (χ3v) is 3.51. The fraction of sp³-hybridized carbons (Fsp3) is 0.0625. The second kappa shape index (κ2) is 4.49. The summed E-state index contributed by atoms with van der Waals surface area (Å²) in [5.74, 6) is -0.764. The van der Waals surface area contributed by atoms with Crippen LogP contribution in [0.25, 0.3) is 22.0 Å². The van der Waals surface area contributed by atoms with Crippen molar-refractivity contribution in [2.24, 2.45) is 5.73 Å². The molecular weight excluding hydrogens is 255 g/mol. The molecule has 0 radical (unpaired) electrons. The van der Waals surface area contributed by atoms with Crippen LogP contribution in [-0.2, 0) is 0 Å². The second-order valence-electron chi connectivity index (χ2n) is 4.69. The molecule has 0 aliphatic heterocycles. The summed E-state index contributed by atoms with van der Waals surface area (Å²) in [5, 5.41) is 0.697. The Morgan fingerprint density at radius 1 is 1.10 bits per heavy atom. The Balaban J connectivity index is 2.42. The minimum atomic E-state index is -0.764. The van der Waals surface area contributed by atoms with E-state index >= 15 is 0 Å². The van der Waals surface area contributed by atoms with Crippen LogP contribution in [0.1, 0.15) is 16.1 Å². The van der Waals surface area contributed by atoms with Crippen molar-refractivity contribution < 1.29 is 9.28 Å². The molecule has 0 saturated carbocycles. The van der Waals surface area contributed by atoms with Crippen LogP contribution in [-0.4, -0.2) is 10.7 Å². The first-order valence-electron chi connectivity index (χ1n) is 6.26. The van der Waals surface area contributed by atoms with Crippen LogP contribution in [0.4, 0.5) is 4.48 Å². The lowest BCUT2D eigenvalue weighted by Crippen LogP contribution is -2.15. The predicted octanol–water partition coefficient (Wildman–Crippen LogP) is 3.45. The number of carbonyl (C=O) groups excluding carboxylic acids is 1. The highest BCUT2D eigenvalue weighted by molar-refractivity contribution is 6.04. The first kappa shape index (κ1) is 12.4. The summed E-state index contributed by atoms with van der Waals surface area (Å²) in [6, 6.07) is 15.0. The highest BCUT2D eigenvalue weighted by Crippen LogP contribution is 2.33. The van der Waals surface area contributed by atoms with Gasteiger partial charge in [0.05, 0.1) is 5.52 Å². The number of rotatable bonds is 2. The Morgan fingerprint density at radius 2 is 1.80 bits per heavy atom. The number of primary amides is 1. The molecule has 0 saturated heterocycles. The van der Waals surface area contributed by atoms with E-state index in [1.54, 1.807) is 13.0 Å². The van der Waals surface area contributed by atoms with Crippen molar-refractivity contribution >= 4 is 16.8 Å². The van der Waals surface area contributed by atoms with Crippen LogP contribution in [0.2, 0.25) is 0 Å². The van der Waals surface area contributed by atoms with Crippen LogP contribution in [0.5, 0.6) is 0 Å². The topological polar surface area (TPSA) is 48.0 Å². The molecule has 2 N–H and O–H groups in total. The minimum absolute atomic E-state index is 0.0941. The summed E-state index contributed by atoms with van der Waals surface area (Å²) in [7, 11) is 0. The monoisotopic (exact) mass is 268 g/mol. The Labute approximate surface area is 115 Å². The molecule has 0 aliphatic carbocycles. The standard InChI is InChI=1S/C16H13FN2O/c1-10-12-8-5-9-13(11-6-3-2-4-7-11)15(12)19(17)14(10)16(18)20/h2-9H,1H3,(H2,18,20). The maximum absolute atomic E-state index is 14.5. The summed E-state index contributed by atoms with van der Waals surface area (Å²) in [6.07, 6.45) is 0. The van der Waals surface area contributed by atoms with Crippen molar-refractivity contribution in [3.05, 3.63) is 59.8 Å². The van der Waals surface area contributed by atoms with Gasteiger partial charge in [0.15, 0.2) is 0 Å². The van der Waals surface area contributed by atoms with Crippen LogP contribution in [0, 0.1) is 6.92 Å². The normalized spacial score (nSPS) is 10.9. The molecule has 1 amide bonds. The predicted molar refractivity (Wildman–Crippen MR) is 77.1 cm³/mol. The molecule has 1 aromatic heterocycles. The number of aromatic nitrogens is 1. The quantitative estimate of drug-likeness (QED) is 0.760. The van der Waals surface area contributed by atoms with Crippen LogP contribution in [0.3, 0.4) is 0 Å². The van der Waals surface area contributed by atoms with E-state index in [0.717, 1.165) is 11.1 Å². The number of aryl methyl sites for hydroxylation is 1. The maximum atomic E-state index is 14.5. The third kappa shape index (κ3) is 1.69. The largest absolute Gasteiger partial charge is 0.364 e. The number of para-hydroxylation sites is 1. The first-order valence-corrected chi connectivity index (χ1v) is 6.26. The van der Waals surface area contributed by atoms with Gasteiger partial charge in [0.25, 0.3) is 5.91 Å². The Bertz CT molecular complexity index is 806. The molecule has 4 heteroatoms. The maximum Gasteiger partial charge on any atom is 0.268 e. The number of hydrogen-bond acceptors (Lipinski definition) is 1. The zero-order valence-corrected chi connectivity index (χ0v) is 10.9. The van der Waals surface area contributed by atoms with Gasteiger partial charge in [-0.1, -0.05) is 53.0 Å². The molecule has 0 aliphatic rings.